The maximum absolute atomic E-state index is 13.0. The lowest BCUT2D eigenvalue weighted by Crippen LogP contribution is -2.49. The highest BCUT2D eigenvalue weighted by atomic mass is 16.5. The van der Waals surface area contributed by atoms with Crippen molar-refractivity contribution in [3.63, 3.8) is 0 Å². The quantitative estimate of drug-likeness (QED) is 0.448. The molecule has 7 heteroatoms. The van der Waals surface area contributed by atoms with Gasteiger partial charge in [0.05, 0.1) is 0 Å². The van der Waals surface area contributed by atoms with E-state index in [1.807, 2.05) is 36.4 Å². The lowest BCUT2D eigenvalue weighted by molar-refractivity contribution is -0.143. The number of carboxylic acid groups (broad SMARTS) is 1. The van der Waals surface area contributed by atoms with Crippen molar-refractivity contribution < 1.29 is 24.2 Å². The van der Waals surface area contributed by atoms with Crippen LogP contribution in [-0.2, 0) is 14.3 Å². The second-order valence-electron chi connectivity index (χ2n) is 8.88. The number of benzene rings is 3. The van der Waals surface area contributed by atoms with Crippen molar-refractivity contribution in [1.29, 1.82) is 0 Å². The van der Waals surface area contributed by atoms with E-state index in [9.17, 15) is 19.5 Å². The first kappa shape index (κ1) is 24.0. The molecule has 35 heavy (non-hydrogen) atoms. The minimum atomic E-state index is -1.14. The molecule has 1 aliphatic carbocycles. The standard InChI is InChI=1S/C28H28N2O5/c1-17(2)24(27(32)33)29-26(31)25(18-10-4-3-5-11-18)30-28(34)35-16-23-21-14-8-6-12-19(21)20-13-7-9-15-22(20)23/h3-15,17,23-25H,16H2,1-2H3,(H,29,31)(H,30,34)(H,32,33). The molecule has 0 aromatic heterocycles. The minimum absolute atomic E-state index is 0.104. The van der Waals surface area contributed by atoms with E-state index in [1.165, 1.54) is 0 Å². The average Bonchev–Trinajstić information content (AvgIpc) is 3.18. The molecule has 180 valence electrons. The van der Waals surface area contributed by atoms with Gasteiger partial charge in [-0.2, -0.15) is 0 Å². The van der Waals surface area contributed by atoms with Crippen LogP contribution in [0.1, 0.15) is 42.5 Å². The van der Waals surface area contributed by atoms with Crippen LogP contribution < -0.4 is 10.6 Å². The Balaban J connectivity index is 1.49. The van der Waals surface area contributed by atoms with Crippen molar-refractivity contribution in [3.05, 3.63) is 95.6 Å². The van der Waals surface area contributed by atoms with Gasteiger partial charge in [0, 0.05) is 5.92 Å². The van der Waals surface area contributed by atoms with E-state index < -0.39 is 30.1 Å². The van der Waals surface area contributed by atoms with Gasteiger partial charge in [-0.05, 0) is 33.7 Å². The largest absolute Gasteiger partial charge is 0.480 e. The number of rotatable bonds is 8. The number of ether oxygens (including phenoxy) is 1. The lowest BCUT2D eigenvalue weighted by atomic mass is 9.98. The highest BCUT2D eigenvalue weighted by Gasteiger charge is 2.32. The molecule has 3 aromatic carbocycles. The second kappa shape index (κ2) is 10.4. The van der Waals surface area contributed by atoms with Crippen LogP contribution in [-0.4, -0.2) is 35.7 Å². The number of hydrogen-bond acceptors (Lipinski definition) is 4. The summed E-state index contributed by atoms with van der Waals surface area (Å²) in [5, 5.41) is 14.6. The van der Waals surface area contributed by atoms with Crippen LogP contribution in [0.25, 0.3) is 11.1 Å². The number of fused-ring (bicyclic) bond motifs is 3. The second-order valence-corrected chi connectivity index (χ2v) is 8.88. The zero-order valence-corrected chi connectivity index (χ0v) is 19.6. The summed E-state index contributed by atoms with van der Waals surface area (Å²) in [6.07, 6.45) is -0.757. The van der Waals surface area contributed by atoms with Gasteiger partial charge in [0.15, 0.2) is 0 Å². The number of amides is 2. The fourth-order valence-electron chi connectivity index (χ4n) is 4.45. The molecule has 3 aromatic rings. The van der Waals surface area contributed by atoms with Gasteiger partial charge in [-0.3, -0.25) is 4.79 Å². The number of carbonyl (C=O) groups excluding carboxylic acids is 2. The molecule has 0 fully saturated rings. The van der Waals surface area contributed by atoms with Crippen LogP contribution in [0.3, 0.4) is 0 Å². The molecule has 0 heterocycles. The Morgan fingerprint density at radius 3 is 1.91 bits per heavy atom. The topological polar surface area (TPSA) is 105 Å². The Hall–Kier alpha value is -4.13. The molecule has 2 unspecified atom stereocenters. The molecular weight excluding hydrogens is 444 g/mol. The predicted octanol–water partition coefficient (Wildman–Crippen LogP) is 4.49. The monoisotopic (exact) mass is 472 g/mol. The van der Waals surface area contributed by atoms with Crippen LogP contribution in [0.5, 0.6) is 0 Å². The van der Waals surface area contributed by atoms with Crippen LogP contribution in [0.2, 0.25) is 0 Å². The van der Waals surface area contributed by atoms with E-state index in [4.69, 9.17) is 4.74 Å². The zero-order chi connectivity index (χ0) is 24.9. The van der Waals surface area contributed by atoms with Crippen LogP contribution in [0.4, 0.5) is 4.79 Å². The number of carboxylic acids is 1. The third-order valence-corrected chi connectivity index (χ3v) is 6.23. The van der Waals surface area contributed by atoms with Gasteiger partial charge >= 0.3 is 12.1 Å². The Labute approximate surface area is 204 Å². The van der Waals surface area contributed by atoms with Crippen molar-refractivity contribution in [2.45, 2.75) is 31.8 Å². The first-order chi connectivity index (χ1) is 16.9. The smallest absolute Gasteiger partial charge is 0.408 e. The molecule has 0 bridgehead atoms. The minimum Gasteiger partial charge on any atom is -0.480 e. The summed E-state index contributed by atoms with van der Waals surface area (Å²) >= 11 is 0. The molecule has 3 N–H and O–H groups in total. The Morgan fingerprint density at radius 1 is 0.829 bits per heavy atom. The Bertz CT molecular complexity index is 1180. The number of carbonyl (C=O) groups is 3. The summed E-state index contributed by atoms with van der Waals surface area (Å²) in [5.74, 6) is -2.20. The highest BCUT2D eigenvalue weighted by molar-refractivity contribution is 5.90. The zero-order valence-electron chi connectivity index (χ0n) is 19.6. The van der Waals surface area contributed by atoms with Gasteiger partial charge in [-0.15, -0.1) is 0 Å². The molecular formula is C28H28N2O5. The van der Waals surface area contributed by atoms with Gasteiger partial charge in [-0.25, -0.2) is 9.59 Å². The van der Waals surface area contributed by atoms with Crippen LogP contribution in [0, 0.1) is 5.92 Å². The molecule has 4 rings (SSSR count). The molecule has 0 radical (unpaired) electrons. The summed E-state index contributed by atoms with van der Waals surface area (Å²) in [7, 11) is 0. The fourth-order valence-corrected chi connectivity index (χ4v) is 4.45. The normalized spacial score (nSPS) is 13.9. The molecule has 2 atom stereocenters. The van der Waals surface area contributed by atoms with Crippen molar-refractivity contribution in [1.82, 2.24) is 10.6 Å². The van der Waals surface area contributed by atoms with Crippen molar-refractivity contribution >= 4 is 18.0 Å². The molecule has 2 amide bonds. The van der Waals surface area contributed by atoms with E-state index >= 15 is 0 Å². The summed E-state index contributed by atoms with van der Waals surface area (Å²) in [6, 6.07) is 22.5. The van der Waals surface area contributed by atoms with Crippen molar-refractivity contribution in [2.24, 2.45) is 5.92 Å². The third kappa shape index (κ3) is 5.19. The van der Waals surface area contributed by atoms with Crippen molar-refractivity contribution in [2.75, 3.05) is 6.61 Å². The summed E-state index contributed by atoms with van der Waals surface area (Å²) < 4.78 is 5.60. The van der Waals surface area contributed by atoms with Gasteiger partial charge in [-0.1, -0.05) is 92.7 Å². The molecule has 7 nitrogen and oxygen atoms in total. The molecule has 0 saturated carbocycles. The van der Waals surface area contributed by atoms with Crippen LogP contribution in [0.15, 0.2) is 78.9 Å². The summed E-state index contributed by atoms with van der Waals surface area (Å²) in [4.78, 5) is 37.5. The van der Waals surface area contributed by atoms with Crippen molar-refractivity contribution in [3.8, 4) is 11.1 Å². The first-order valence-corrected chi connectivity index (χ1v) is 11.6. The summed E-state index contributed by atoms with van der Waals surface area (Å²) in [6.45, 7) is 3.51. The van der Waals surface area contributed by atoms with E-state index in [-0.39, 0.29) is 18.4 Å². The molecule has 0 aliphatic heterocycles. The average molecular weight is 473 g/mol. The first-order valence-electron chi connectivity index (χ1n) is 11.6. The van der Waals surface area contributed by atoms with E-state index in [0.717, 1.165) is 22.3 Å². The maximum atomic E-state index is 13.0. The summed E-state index contributed by atoms with van der Waals surface area (Å²) in [5.41, 5.74) is 4.92. The van der Waals surface area contributed by atoms with E-state index in [2.05, 4.69) is 22.8 Å². The van der Waals surface area contributed by atoms with Gasteiger partial charge < -0.3 is 20.5 Å². The SMILES string of the molecule is CC(C)C(NC(=O)C(NC(=O)OCC1c2ccccc2-c2ccccc21)c1ccccc1)C(=O)O. The fraction of sp³-hybridized carbons (Fsp3) is 0.250. The highest BCUT2D eigenvalue weighted by Crippen LogP contribution is 2.44. The lowest BCUT2D eigenvalue weighted by Gasteiger charge is -2.23. The molecule has 0 spiro atoms. The Morgan fingerprint density at radius 2 is 1.37 bits per heavy atom. The van der Waals surface area contributed by atoms with Gasteiger partial charge in [0.2, 0.25) is 5.91 Å². The van der Waals surface area contributed by atoms with Gasteiger partial charge in [0.1, 0.15) is 18.7 Å². The maximum Gasteiger partial charge on any atom is 0.408 e. The third-order valence-electron chi connectivity index (χ3n) is 6.23. The predicted molar refractivity (Wildman–Crippen MR) is 132 cm³/mol. The molecule has 1 aliphatic rings. The number of alkyl carbamates (subject to hydrolysis) is 1. The Kier molecular flexibility index (Phi) is 7.15. The number of nitrogens with one attached hydrogen (secondary N) is 2. The van der Waals surface area contributed by atoms with Gasteiger partial charge in [0.25, 0.3) is 0 Å². The number of aliphatic carboxylic acids is 1. The van der Waals surface area contributed by atoms with E-state index in [1.54, 1.807) is 44.2 Å². The molecule has 0 saturated heterocycles. The van der Waals surface area contributed by atoms with Crippen LogP contribution >= 0.6 is 0 Å². The van der Waals surface area contributed by atoms with E-state index in [0.29, 0.717) is 5.56 Å². The number of hydrogen-bond donors (Lipinski definition) is 3.